The molecule has 6 heteroatoms. The number of nitrogens with one attached hydrogen (secondary N) is 1. The van der Waals surface area contributed by atoms with Crippen LogP contribution in [0.2, 0.25) is 10.4 Å². The lowest BCUT2D eigenvalue weighted by molar-refractivity contribution is 0.268. The van der Waals surface area contributed by atoms with Crippen molar-refractivity contribution in [2.45, 2.75) is 25.8 Å². The number of anilines is 1. The Morgan fingerprint density at radius 1 is 1.47 bits per heavy atom. The first-order valence-corrected chi connectivity index (χ1v) is 5.48. The third kappa shape index (κ3) is 4.20. The Labute approximate surface area is 98.6 Å². The second-order valence-corrected chi connectivity index (χ2v) is 3.88. The van der Waals surface area contributed by atoms with Gasteiger partial charge in [-0.05, 0) is 18.0 Å². The van der Waals surface area contributed by atoms with Crippen molar-refractivity contribution in [1.29, 1.82) is 0 Å². The molecule has 0 fully saturated rings. The molecule has 1 rings (SSSR count). The van der Waals surface area contributed by atoms with Gasteiger partial charge in [-0.3, -0.25) is 0 Å². The zero-order valence-electron chi connectivity index (χ0n) is 8.37. The van der Waals surface area contributed by atoms with Gasteiger partial charge in [-0.1, -0.05) is 24.9 Å². The molecule has 1 heterocycles. The van der Waals surface area contributed by atoms with Crippen LogP contribution in [0, 0.1) is 0 Å². The summed E-state index contributed by atoms with van der Waals surface area (Å²) in [6.07, 6.45) is 1.83. The Balaban J connectivity index is 2.69. The van der Waals surface area contributed by atoms with Gasteiger partial charge in [0.05, 0.1) is 12.6 Å². The third-order valence-electron chi connectivity index (χ3n) is 1.88. The molecular formula is C9H13Cl2N3O. The maximum absolute atomic E-state index is 9.09. The van der Waals surface area contributed by atoms with Gasteiger partial charge in [0.2, 0.25) is 5.28 Å². The van der Waals surface area contributed by atoms with Crippen molar-refractivity contribution in [3.05, 3.63) is 16.5 Å². The molecule has 0 spiro atoms. The molecule has 84 valence electrons. The fourth-order valence-corrected chi connectivity index (χ4v) is 1.64. The van der Waals surface area contributed by atoms with Crippen molar-refractivity contribution >= 4 is 29.0 Å². The van der Waals surface area contributed by atoms with E-state index in [0.717, 1.165) is 12.8 Å². The third-order valence-corrected chi connectivity index (χ3v) is 2.24. The summed E-state index contributed by atoms with van der Waals surface area (Å²) < 4.78 is 0. The Morgan fingerprint density at radius 3 is 2.73 bits per heavy atom. The van der Waals surface area contributed by atoms with E-state index in [1.165, 1.54) is 0 Å². The topological polar surface area (TPSA) is 58.0 Å². The molecular weight excluding hydrogens is 237 g/mol. The monoisotopic (exact) mass is 249 g/mol. The number of halogens is 2. The van der Waals surface area contributed by atoms with Crippen molar-refractivity contribution < 1.29 is 5.11 Å². The molecule has 0 saturated heterocycles. The smallest absolute Gasteiger partial charge is 0.225 e. The van der Waals surface area contributed by atoms with E-state index in [2.05, 4.69) is 15.3 Å². The van der Waals surface area contributed by atoms with E-state index in [1.807, 2.05) is 6.92 Å². The number of hydrogen-bond acceptors (Lipinski definition) is 4. The average molecular weight is 250 g/mol. The minimum absolute atomic E-state index is 0.0305. The lowest BCUT2D eigenvalue weighted by Gasteiger charge is -2.15. The molecule has 1 atom stereocenters. The van der Waals surface area contributed by atoms with E-state index in [-0.39, 0.29) is 23.1 Å². The lowest BCUT2D eigenvalue weighted by Crippen LogP contribution is -2.24. The number of rotatable bonds is 5. The lowest BCUT2D eigenvalue weighted by atomic mass is 10.2. The molecule has 4 nitrogen and oxygen atoms in total. The molecule has 0 aliphatic heterocycles. The Morgan fingerprint density at radius 2 is 2.20 bits per heavy atom. The van der Waals surface area contributed by atoms with Crippen LogP contribution in [0.25, 0.3) is 0 Å². The molecule has 15 heavy (non-hydrogen) atoms. The SMILES string of the molecule is CCC[C@H](CO)Nc1cc(Cl)nc(Cl)n1. The van der Waals surface area contributed by atoms with Crippen LogP contribution < -0.4 is 5.32 Å². The van der Waals surface area contributed by atoms with Crippen molar-refractivity contribution in [3.63, 3.8) is 0 Å². The zero-order valence-corrected chi connectivity index (χ0v) is 9.89. The van der Waals surface area contributed by atoms with E-state index in [9.17, 15) is 0 Å². The summed E-state index contributed by atoms with van der Waals surface area (Å²) in [6.45, 7) is 2.09. The van der Waals surface area contributed by atoms with Crippen LogP contribution in [-0.2, 0) is 0 Å². The highest BCUT2D eigenvalue weighted by atomic mass is 35.5. The van der Waals surface area contributed by atoms with Crippen LogP contribution in [0.1, 0.15) is 19.8 Å². The predicted molar refractivity (Wildman–Crippen MR) is 61.5 cm³/mol. The van der Waals surface area contributed by atoms with Crippen molar-refractivity contribution in [1.82, 2.24) is 9.97 Å². The summed E-state index contributed by atoms with van der Waals surface area (Å²) in [4.78, 5) is 7.68. The molecule has 0 amide bonds. The van der Waals surface area contributed by atoms with E-state index >= 15 is 0 Å². The fraction of sp³-hybridized carbons (Fsp3) is 0.556. The van der Waals surface area contributed by atoms with E-state index < -0.39 is 0 Å². The Bertz CT molecular complexity index is 302. The maximum Gasteiger partial charge on any atom is 0.225 e. The minimum atomic E-state index is -0.0305. The average Bonchev–Trinajstić information content (AvgIpc) is 2.15. The summed E-state index contributed by atoms with van der Waals surface area (Å²) in [7, 11) is 0. The standard InChI is InChI=1S/C9H13Cl2N3O/c1-2-3-6(5-15)12-8-4-7(10)13-9(11)14-8/h4,6,15H,2-3,5H2,1H3,(H,12,13,14)/t6-/m1/s1. The normalized spacial score (nSPS) is 12.5. The molecule has 0 radical (unpaired) electrons. The fourth-order valence-electron chi connectivity index (χ4n) is 1.23. The van der Waals surface area contributed by atoms with E-state index in [1.54, 1.807) is 6.07 Å². The predicted octanol–water partition coefficient (Wildman–Crippen LogP) is 2.36. The zero-order chi connectivity index (χ0) is 11.3. The number of nitrogens with zero attached hydrogens (tertiary/aromatic N) is 2. The van der Waals surface area contributed by atoms with Crippen LogP contribution in [0.3, 0.4) is 0 Å². The second-order valence-electron chi connectivity index (χ2n) is 3.16. The van der Waals surface area contributed by atoms with Crippen LogP contribution in [0.15, 0.2) is 6.07 Å². The summed E-state index contributed by atoms with van der Waals surface area (Å²) in [5, 5.41) is 12.5. The van der Waals surface area contributed by atoms with Crippen molar-refractivity contribution in [2.24, 2.45) is 0 Å². The Kier molecular flexibility index (Phi) is 5.08. The van der Waals surface area contributed by atoms with Gasteiger partial charge in [0.25, 0.3) is 0 Å². The van der Waals surface area contributed by atoms with Gasteiger partial charge in [-0.25, -0.2) is 9.97 Å². The minimum Gasteiger partial charge on any atom is -0.394 e. The Hall–Kier alpha value is -0.580. The molecule has 0 aromatic carbocycles. The molecule has 0 aliphatic rings. The van der Waals surface area contributed by atoms with Crippen LogP contribution in [-0.4, -0.2) is 27.7 Å². The maximum atomic E-state index is 9.09. The van der Waals surface area contributed by atoms with Crippen LogP contribution >= 0.6 is 23.2 Å². The number of aliphatic hydroxyl groups excluding tert-OH is 1. The van der Waals surface area contributed by atoms with E-state index in [0.29, 0.717) is 5.82 Å². The summed E-state index contributed by atoms with van der Waals surface area (Å²) >= 11 is 11.4. The molecule has 0 bridgehead atoms. The van der Waals surface area contributed by atoms with Gasteiger partial charge in [0.15, 0.2) is 0 Å². The molecule has 1 aromatic heterocycles. The number of aliphatic hydroxyl groups is 1. The number of aromatic nitrogens is 2. The highest BCUT2D eigenvalue weighted by Crippen LogP contribution is 2.15. The van der Waals surface area contributed by atoms with Gasteiger partial charge in [0, 0.05) is 6.07 Å². The molecule has 1 aromatic rings. The van der Waals surface area contributed by atoms with Gasteiger partial charge in [-0.2, -0.15) is 0 Å². The first kappa shape index (κ1) is 12.5. The number of hydrogen-bond donors (Lipinski definition) is 2. The van der Waals surface area contributed by atoms with Crippen LogP contribution in [0.5, 0.6) is 0 Å². The largest absolute Gasteiger partial charge is 0.394 e. The first-order valence-electron chi connectivity index (χ1n) is 4.73. The van der Waals surface area contributed by atoms with Gasteiger partial charge < -0.3 is 10.4 Å². The highest BCUT2D eigenvalue weighted by molar-refractivity contribution is 6.32. The van der Waals surface area contributed by atoms with E-state index in [4.69, 9.17) is 28.3 Å². The van der Waals surface area contributed by atoms with Crippen molar-refractivity contribution in [2.75, 3.05) is 11.9 Å². The molecule has 0 aliphatic carbocycles. The van der Waals surface area contributed by atoms with Gasteiger partial charge in [0.1, 0.15) is 11.0 Å². The quantitative estimate of drug-likeness (QED) is 0.622. The molecule has 0 saturated carbocycles. The van der Waals surface area contributed by atoms with Crippen molar-refractivity contribution in [3.8, 4) is 0 Å². The van der Waals surface area contributed by atoms with Crippen LogP contribution in [0.4, 0.5) is 5.82 Å². The molecule has 0 unspecified atom stereocenters. The van der Waals surface area contributed by atoms with Gasteiger partial charge >= 0.3 is 0 Å². The first-order chi connectivity index (χ1) is 7.15. The summed E-state index contributed by atoms with van der Waals surface area (Å²) in [5.41, 5.74) is 0. The highest BCUT2D eigenvalue weighted by Gasteiger charge is 2.08. The van der Waals surface area contributed by atoms with Gasteiger partial charge in [-0.15, -0.1) is 0 Å². The second kappa shape index (κ2) is 6.10. The summed E-state index contributed by atoms with van der Waals surface area (Å²) in [6, 6.07) is 1.54. The molecule has 2 N–H and O–H groups in total. The summed E-state index contributed by atoms with van der Waals surface area (Å²) in [5.74, 6) is 0.535.